The van der Waals surface area contributed by atoms with E-state index in [0.29, 0.717) is 55.3 Å². The normalized spacial score (nSPS) is 14.8. The van der Waals surface area contributed by atoms with Crippen LogP contribution >= 0.6 is 11.6 Å². The highest BCUT2D eigenvalue weighted by atomic mass is 35.5. The van der Waals surface area contributed by atoms with Gasteiger partial charge in [0.15, 0.2) is 11.5 Å². The van der Waals surface area contributed by atoms with Gasteiger partial charge in [0.1, 0.15) is 0 Å². The Morgan fingerprint density at radius 1 is 0.976 bits per heavy atom. The highest BCUT2D eigenvalue weighted by molar-refractivity contribution is 6.30. The van der Waals surface area contributed by atoms with Crippen LogP contribution in [-0.2, 0) is 18.6 Å². The number of hydrogen-bond acceptors (Lipinski definition) is 6. The summed E-state index contributed by atoms with van der Waals surface area (Å²) in [6.07, 6.45) is 7.14. The first kappa shape index (κ1) is 26.9. The van der Waals surface area contributed by atoms with E-state index in [1.165, 1.54) is 0 Å². The van der Waals surface area contributed by atoms with Crippen LogP contribution < -0.4 is 4.90 Å². The number of benzene rings is 2. The first-order valence-electron chi connectivity index (χ1n) is 13.7. The number of aromatic nitrogens is 4. The zero-order chi connectivity index (χ0) is 28.4. The molecule has 1 aliphatic rings. The molecule has 8 nitrogen and oxygen atoms in total. The predicted molar refractivity (Wildman–Crippen MR) is 159 cm³/mol. The van der Waals surface area contributed by atoms with Crippen molar-refractivity contribution >= 4 is 28.8 Å². The van der Waals surface area contributed by atoms with Gasteiger partial charge in [-0.15, -0.1) is 0 Å². The minimum atomic E-state index is -0.869. The van der Waals surface area contributed by atoms with E-state index in [1.807, 2.05) is 77.4 Å². The summed E-state index contributed by atoms with van der Waals surface area (Å²) in [7, 11) is 1.80. The Balaban J connectivity index is 1.13. The molecule has 3 aromatic heterocycles. The maximum absolute atomic E-state index is 12.9. The number of aliphatic hydroxyl groups is 1. The number of amides is 1. The molecule has 0 atom stereocenters. The molecular formula is C32H31ClN6O2. The van der Waals surface area contributed by atoms with Gasteiger partial charge in [-0.2, -0.15) is 5.10 Å². The van der Waals surface area contributed by atoms with Crippen LogP contribution in [0.5, 0.6) is 0 Å². The smallest absolute Gasteiger partial charge is 0.253 e. The van der Waals surface area contributed by atoms with Gasteiger partial charge in [-0.1, -0.05) is 35.9 Å². The van der Waals surface area contributed by atoms with Crippen molar-refractivity contribution < 1.29 is 9.90 Å². The maximum atomic E-state index is 12.9. The largest absolute Gasteiger partial charge is 0.385 e. The van der Waals surface area contributed by atoms with Gasteiger partial charge in [-0.05, 0) is 78.1 Å². The van der Waals surface area contributed by atoms with Crippen molar-refractivity contribution in [2.75, 3.05) is 25.0 Å². The van der Waals surface area contributed by atoms with Crippen molar-refractivity contribution in [3.8, 4) is 0 Å². The summed E-state index contributed by atoms with van der Waals surface area (Å²) in [4.78, 5) is 25.8. The number of carbonyl (C=O) groups excluding carboxylic acids is 1. The maximum Gasteiger partial charge on any atom is 0.253 e. The quantitative estimate of drug-likeness (QED) is 0.294. The van der Waals surface area contributed by atoms with Crippen molar-refractivity contribution in [3.63, 3.8) is 0 Å². The number of rotatable bonds is 7. The van der Waals surface area contributed by atoms with Crippen LogP contribution in [-0.4, -0.2) is 55.6 Å². The number of anilines is 1. The van der Waals surface area contributed by atoms with Crippen LogP contribution in [0.1, 0.15) is 45.7 Å². The third-order valence-corrected chi connectivity index (χ3v) is 8.03. The average molecular weight is 567 g/mol. The number of hydrogen-bond donors (Lipinski definition) is 1. The highest BCUT2D eigenvalue weighted by Gasteiger charge is 2.34. The Hall–Kier alpha value is -4.27. The van der Waals surface area contributed by atoms with Crippen LogP contribution in [0, 0.1) is 0 Å². The summed E-state index contributed by atoms with van der Waals surface area (Å²) >= 11 is 6.04. The second-order valence-electron chi connectivity index (χ2n) is 10.6. The monoisotopic (exact) mass is 566 g/mol. The fourth-order valence-corrected chi connectivity index (χ4v) is 5.55. The lowest BCUT2D eigenvalue weighted by atomic mass is 9.84. The van der Waals surface area contributed by atoms with Crippen LogP contribution in [0.3, 0.4) is 0 Å². The van der Waals surface area contributed by atoms with Crippen molar-refractivity contribution in [1.29, 1.82) is 0 Å². The lowest BCUT2D eigenvalue weighted by molar-refractivity contribution is 0.0118. The molecule has 4 heterocycles. The lowest BCUT2D eigenvalue weighted by Gasteiger charge is -2.39. The second kappa shape index (κ2) is 11.3. The Labute approximate surface area is 243 Å². The molecular weight excluding hydrogens is 536 g/mol. The fraction of sp³-hybridized carbons (Fsp3) is 0.250. The molecule has 9 heteroatoms. The van der Waals surface area contributed by atoms with Crippen molar-refractivity contribution in [1.82, 2.24) is 24.5 Å². The molecule has 0 unspecified atom stereocenters. The summed E-state index contributed by atoms with van der Waals surface area (Å²) in [6.45, 7) is 1.92. The predicted octanol–water partition coefficient (Wildman–Crippen LogP) is 5.13. The molecule has 0 bridgehead atoms. The molecule has 1 fully saturated rings. The van der Waals surface area contributed by atoms with Gasteiger partial charge in [0.05, 0.1) is 11.3 Å². The summed E-state index contributed by atoms with van der Waals surface area (Å²) < 4.78 is 1.82. The molecule has 1 saturated heterocycles. The minimum absolute atomic E-state index is 0.0339. The Kier molecular flexibility index (Phi) is 7.43. The van der Waals surface area contributed by atoms with Crippen LogP contribution in [0.15, 0.2) is 91.4 Å². The van der Waals surface area contributed by atoms with Gasteiger partial charge in [0, 0.05) is 62.3 Å². The van der Waals surface area contributed by atoms with Gasteiger partial charge in [-0.3, -0.25) is 9.78 Å². The summed E-state index contributed by atoms with van der Waals surface area (Å²) in [5.41, 5.74) is 4.53. The zero-order valence-electron chi connectivity index (χ0n) is 22.8. The van der Waals surface area contributed by atoms with Gasteiger partial charge in [0.25, 0.3) is 5.91 Å². The van der Waals surface area contributed by atoms with E-state index in [-0.39, 0.29) is 5.91 Å². The molecule has 1 N–H and O–H groups in total. The van der Waals surface area contributed by atoms with Crippen LogP contribution in [0.2, 0.25) is 5.02 Å². The zero-order valence-corrected chi connectivity index (χ0v) is 23.6. The van der Waals surface area contributed by atoms with E-state index in [9.17, 15) is 9.90 Å². The number of nitrogens with zero attached hydrogens (tertiary/aromatic N) is 6. The molecule has 5 aromatic rings. The van der Waals surface area contributed by atoms with E-state index < -0.39 is 5.60 Å². The van der Waals surface area contributed by atoms with E-state index >= 15 is 0 Å². The number of fused-ring (bicyclic) bond motifs is 1. The van der Waals surface area contributed by atoms with Crippen molar-refractivity contribution in [2.45, 2.75) is 31.4 Å². The first-order valence-corrected chi connectivity index (χ1v) is 14.1. The van der Waals surface area contributed by atoms with Crippen LogP contribution in [0.4, 0.5) is 5.69 Å². The Morgan fingerprint density at radius 3 is 2.39 bits per heavy atom. The van der Waals surface area contributed by atoms with E-state index in [1.54, 1.807) is 24.3 Å². The van der Waals surface area contributed by atoms with Gasteiger partial charge in [0.2, 0.25) is 0 Å². The number of piperidine rings is 1. The topological polar surface area (TPSA) is 86.9 Å². The average Bonchev–Trinajstić information content (AvgIpc) is 3.41. The SMILES string of the molecule is CN(Cc1ccncc1)C(=O)c1ccc(Cc2nc3c(N4CCC(O)(c5ccc(Cl)cc5)CC4)cccn3n2)cc1. The number of halogens is 1. The highest BCUT2D eigenvalue weighted by Crippen LogP contribution is 2.35. The first-order chi connectivity index (χ1) is 19.9. The van der Waals surface area contributed by atoms with Gasteiger partial charge < -0.3 is 14.9 Å². The fourth-order valence-electron chi connectivity index (χ4n) is 5.43. The number of carbonyl (C=O) groups is 1. The number of pyridine rings is 2. The van der Waals surface area contributed by atoms with Gasteiger partial charge in [-0.25, -0.2) is 9.50 Å². The molecule has 0 saturated carbocycles. The molecule has 0 spiro atoms. The third kappa shape index (κ3) is 5.80. The van der Waals surface area contributed by atoms with Crippen molar-refractivity contribution in [3.05, 3.63) is 124 Å². The standard InChI is InChI=1S/C32H31ClN6O2/c1-37(22-24-12-16-34-17-13-24)31(40)25-6-4-23(5-7-25)21-29-35-30-28(3-2-18-39(30)36-29)38-19-14-32(41,15-20-38)26-8-10-27(33)11-9-26/h2-13,16-18,41H,14-15,19-22H2,1H3. The molecule has 1 aliphatic heterocycles. The second-order valence-corrected chi connectivity index (χ2v) is 11.0. The van der Waals surface area contributed by atoms with E-state index in [0.717, 1.165) is 28.0 Å². The minimum Gasteiger partial charge on any atom is -0.385 e. The molecule has 0 radical (unpaired) electrons. The summed E-state index contributed by atoms with van der Waals surface area (Å²) in [5.74, 6) is 0.675. The molecule has 41 heavy (non-hydrogen) atoms. The molecule has 0 aliphatic carbocycles. The van der Waals surface area contributed by atoms with E-state index in [4.69, 9.17) is 21.7 Å². The van der Waals surface area contributed by atoms with Crippen LogP contribution in [0.25, 0.3) is 5.65 Å². The van der Waals surface area contributed by atoms with Crippen molar-refractivity contribution in [2.24, 2.45) is 0 Å². The van der Waals surface area contributed by atoms with Gasteiger partial charge >= 0.3 is 0 Å². The Morgan fingerprint density at radius 2 is 1.68 bits per heavy atom. The summed E-state index contributed by atoms with van der Waals surface area (Å²) in [6, 6.07) is 23.0. The molecule has 6 rings (SSSR count). The summed E-state index contributed by atoms with van der Waals surface area (Å²) in [5, 5.41) is 16.7. The molecule has 1 amide bonds. The Bertz CT molecular complexity index is 1650. The van der Waals surface area contributed by atoms with E-state index in [2.05, 4.69) is 16.0 Å². The molecule has 208 valence electrons. The third-order valence-electron chi connectivity index (χ3n) is 7.78. The molecule has 2 aromatic carbocycles. The lowest BCUT2D eigenvalue weighted by Crippen LogP contribution is -2.42.